The highest BCUT2D eigenvalue weighted by atomic mass is 32.2. The molecule has 2 aromatic heterocycles. The van der Waals surface area contributed by atoms with Crippen molar-refractivity contribution in [2.24, 2.45) is 0 Å². The van der Waals surface area contributed by atoms with Gasteiger partial charge in [-0.05, 0) is 24.8 Å². The van der Waals surface area contributed by atoms with Crippen molar-refractivity contribution in [1.82, 2.24) is 14.9 Å². The van der Waals surface area contributed by atoms with Crippen LogP contribution in [0.3, 0.4) is 0 Å². The molecule has 0 saturated carbocycles. The minimum Gasteiger partial charge on any atom is -0.293 e. The predicted octanol–water partition coefficient (Wildman–Crippen LogP) is 3.38. The molecule has 3 heterocycles. The van der Waals surface area contributed by atoms with Gasteiger partial charge >= 0.3 is 0 Å². The number of rotatable bonds is 4. The predicted molar refractivity (Wildman–Crippen MR) is 85.3 cm³/mol. The minimum atomic E-state index is 0.892. The van der Waals surface area contributed by atoms with E-state index in [1.807, 2.05) is 23.8 Å². The highest BCUT2D eigenvalue weighted by Gasteiger charge is 2.18. The standard InChI is InChI=1S/C15H19N3S2/c1-3-12-4-5-13(20-12)10-18-7-6-14-11(9-18)8-16-15(17-14)19-2/h4-5,8H,3,6-7,9-10H2,1-2H3. The zero-order chi connectivity index (χ0) is 13.9. The second-order valence-electron chi connectivity index (χ2n) is 5.01. The Morgan fingerprint density at radius 3 is 2.95 bits per heavy atom. The first-order chi connectivity index (χ1) is 9.78. The third-order valence-corrected chi connectivity index (χ3v) is 5.39. The fourth-order valence-corrected chi connectivity index (χ4v) is 3.87. The van der Waals surface area contributed by atoms with Gasteiger partial charge in [0.25, 0.3) is 0 Å². The summed E-state index contributed by atoms with van der Waals surface area (Å²) in [5, 5.41) is 0.892. The molecule has 20 heavy (non-hydrogen) atoms. The van der Waals surface area contributed by atoms with Crippen LogP contribution in [0.15, 0.2) is 23.5 Å². The van der Waals surface area contributed by atoms with E-state index in [4.69, 9.17) is 0 Å². The van der Waals surface area contributed by atoms with Crippen LogP contribution in [-0.2, 0) is 25.9 Å². The van der Waals surface area contributed by atoms with Crippen molar-refractivity contribution in [2.45, 2.75) is 38.0 Å². The molecule has 0 radical (unpaired) electrons. The maximum atomic E-state index is 4.62. The number of aryl methyl sites for hydroxylation is 1. The van der Waals surface area contributed by atoms with Gasteiger partial charge in [-0.25, -0.2) is 9.97 Å². The molecule has 0 spiro atoms. The zero-order valence-corrected chi connectivity index (χ0v) is 13.6. The maximum absolute atomic E-state index is 4.62. The number of hydrogen-bond acceptors (Lipinski definition) is 5. The van der Waals surface area contributed by atoms with Crippen molar-refractivity contribution in [3.05, 3.63) is 39.3 Å². The third-order valence-electron chi connectivity index (χ3n) is 3.62. The number of nitrogens with zero attached hydrogens (tertiary/aromatic N) is 3. The number of thioether (sulfide) groups is 1. The van der Waals surface area contributed by atoms with E-state index >= 15 is 0 Å². The molecule has 0 aromatic carbocycles. The molecular weight excluding hydrogens is 286 g/mol. The van der Waals surface area contributed by atoms with E-state index in [-0.39, 0.29) is 0 Å². The van der Waals surface area contributed by atoms with E-state index in [2.05, 4.69) is 33.9 Å². The van der Waals surface area contributed by atoms with E-state index in [1.165, 1.54) is 21.0 Å². The van der Waals surface area contributed by atoms with Gasteiger partial charge in [0.1, 0.15) is 0 Å². The van der Waals surface area contributed by atoms with Crippen molar-refractivity contribution in [3.8, 4) is 0 Å². The Labute approximate surface area is 128 Å². The molecule has 0 fully saturated rings. The summed E-state index contributed by atoms with van der Waals surface area (Å²) < 4.78 is 0. The molecule has 0 atom stereocenters. The van der Waals surface area contributed by atoms with Crippen LogP contribution in [-0.4, -0.2) is 27.7 Å². The van der Waals surface area contributed by atoms with Gasteiger partial charge in [0, 0.05) is 47.6 Å². The van der Waals surface area contributed by atoms with Gasteiger partial charge in [0.2, 0.25) is 0 Å². The van der Waals surface area contributed by atoms with Crippen molar-refractivity contribution in [2.75, 3.05) is 12.8 Å². The molecule has 2 aromatic rings. The Bertz CT molecular complexity index is 595. The highest BCUT2D eigenvalue weighted by molar-refractivity contribution is 7.98. The van der Waals surface area contributed by atoms with Crippen molar-refractivity contribution < 1.29 is 0 Å². The lowest BCUT2D eigenvalue weighted by atomic mass is 10.1. The van der Waals surface area contributed by atoms with Crippen LogP contribution in [0.2, 0.25) is 0 Å². The summed E-state index contributed by atoms with van der Waals surface area (Å²) in [4.78, 5) is 14.5. The monoisotopic (exact) mass is 305 g/mol. The highest BCUT2D eigenvalue weighted by Crippen LogP contribution is 2.23. The van der Waals surface area contributed by atoms with Crippen LogP contribution in [0.4, 0.5) is 0 Å². The second-order valence-corrected chi connectivity index (χ2v) is 7.04. The van der Waals surface area contributed by atoms with Gasteiger partial charge in [-0.15, -0.1) is 11.3 Å². The van der Waals surface area contributed by atoms with Gasteiger partial charge in [-0.1, -0.05) is 18.7 Å². The van der Waals surface area contributed by atoms with Gasteiger partial charge in [0.15, 0.2) is 5.16 Å². The first-order valence-electron chi connectivity index (χ1n) is 6.97. The number of aromatic nitrogens is 2. The molecule has 3 rings (SSSR count). The van der Waals surface area contributed by atoms with Crippen molar-refractivity contribution in [1.29, 1.82) is 0 Å². The van der Waals surface area contributed by atoms with Crippen LogP contribution in [0.5, 0.6) is 0 Å². The Morgan fingerprint density at radius 2 is 2.20 bits per heavy atom. The number of fused-ring (bicyclic) bond motifs is 1. The summed E-state index contributed by atoms with van der Waals surface area (Å²) >= 11 is 3.55. The molecule has 1 aliphatic rings. The summed E-state index contributed by atoms with van der Waals surface area (Å²) in [6.07, 6.45) is 6.21. The lowest BCUT2D eigenvalue weighted by Gasteiger charge is -2.27. The van der Waals surface area contributed by atoms with Gasteiger partial charge in [-0.3, -0.25) is 4.90 Å². The summed E-state index contributed by atoms with van der Waals surface area (Å²) in [5.74, 6) is 0. The van der Waals surface area contributed by atoms with E-state index in [0.29, 0.717) is 0 Å². The summed E-state index contributed by atoms with van der Waals surface area (Å²) in [7, 11) is 0. The summed E-state index contributed by atoms with van der Waals surface area (Å²) in [6, 6.07) is 4.53. The number of thiophene rings is 1. The average molecular weight is 305 g/mol. The zero-order valence-electron chi connectivity index (χ0n) is 11.9. The largest absolute Gasteiger partial charge is 0.293 e. The average Bonchev–Trinajstić information content (AvgIpc) is 2.94. The Kier molecular flexibility index (Phi) is 4.38. The van der Waals surface area contributed by atoms with E-state index < -0.39 is 0 Å². The fourth-order valence-electron chi connectivity index (χ4n) is 2.51. The quantitative estimate of drug-likeness (QED) is 0.639. The van der Waals surface area contributed by atoms with Crippen LogP contribution in [0, 0.1) is 0 Å². The SMILES string of the molecule is CCc1ccc(CN2CCc3nc(SC)ncc3C2)s1. The molecule has 0 aliphatic carbocycles. The summed E-state index contributed by atoms with van der Waals surface area (Å²) in [6.45, 7) is 5.34. The van der Waals surface area contributed by atoms with Crippen molar-refractivity contribution in [3.63, 3.8) is 0 Å². The molecule has 106 valence electrons. The minimum absolute atomic E-state index is 0.892. The molecule has 0 amide bonds. The molecule has 0 bridgehead atoms. The van der Waals surface area contributed by atoms with Crippen molar-refractivity contribution >= 4 is 23.1 Å². The first-order valence-corrected chi connectivity index (χ1v) is 9.01. The Morgan fingerprint density at radius 1 is 1.35 bits per heavy atom. The number of hydrogen-bond donors (Lipinski definition) is 0. The lowest BCUT2D eigenvalue weighted by Crippen LogP contribution is -2.30. The van der Waals surface area contributed by atoms with Crippen LogP contribution < -0.4 is 0 Å². The first kappa shape index (κ1) is 14.0. The molecular formula is C15H19N3S2. The van der Waals surface area contributed by atoms with Gasteiger partial charge < -0.3 is 0 Å². The van der Waals surface area contributed by atoms with Crippen LogP contribution in [0.25, 0.3) is 0 Å². The van der Waals surface area contributed by atoms with Crippen LogP contribution in [0.1, 0.15) is 27.9 Å². The molecule has 0 N–H and O–H groups in total. The normalized spacial score (nSPS) is 15.3. The topological polar surface area (TPSA) is 29.0 Å². The second kappa shape index (κ2) is 6.24. The molecule has 0 unspecified atom stereocenters. The molecule has 0 saturated heterocycles. The van der Waals surface area contributed by atoms with Crippen LogP contribution >= 0.6 is 23.1 Å². The van der Waals surface area contributed by atoms with E-state index in [1.54, 1.807) is 11.8 Å². The fraction of sp³-hybridized carbons (Fsp3) is 0.467. The van der Waals surface area contributed by atoms with Gasteiger partial charge in [-0.2, -0.15) is 0 Å². The Balaban J connectivity index is 1.69. The van der Waals surface area contributed by atoms with Gasteiger partial charge in [0.05, 0.1) is 5.69 Å². The Hall–Kier alpha value is -0.910. The summed E-state index contributed by atoms with van der Waals surface area (Å²) in [5.41, 5.74) is 2.53. The molecule has 5 heteroatoms. The maximum Gasteiger partial charge on any atom is 0.187 e. The lowest BCUT2D eigenvalue weighted by molar-refractivity contribution is 0.244. The molecule has 1 aliphatic heterocycles. The van der Waals surface area contributed by atoms with E-state index in [0.717, 1.165) is 37.6 Å². The smallest absolute Gasteiger partial charge is 0.187 e. The third kappa shape index (κ3) is 3.05. The van der Waals surface area contributed by atoms with E-state index in [9.17, 15) is 0 Å². The molecule has 3 nitrogen and oxygen atoms in total.